The summed E-state index contributed by atoms with van der Waals surface area (Å²) in [5.41, 5.74) is 0.212. The number of rotatable bonds is 6. The Morgan fingerprint density at radius 3 is 2.48 bits per heavy atom. The van der Waals surface area contributed by atoms with Crippen LogP contribution in [0.1, 0.15) is 46.1 Å². The van der Waals surface area contributed by atoms with E-state index in [0.717, 1.165) is 17.7 Å². The average molecular weight is 347 g/mol. The maximum atomic E-state index is 13.0. The van der Waals surface area contributed by atoms with Crippen molar-refractivity contribution in [1.82, 2.24) is 4.90 Å². The number of amides is 1. The third kappa shape index (κ3) is 4.74. The Morgan fingerprint density at radius 2 is 1.92 bits per heavy atom. The van der Waals surface area contributed by atoms with Gasteiger partial charge in [-0.15, -0.1) is 0 Å². The van der Waals surface area contributed by atoms with Crippen molar-refractivity contribution in [2.24, 2.45) is 11.8 Å². The summed E-state index contributed by atoms with van der Waals surface area (Å²) in [6, 6.07) is 7.63. The largest absolute Gasteiger partial charge is 0.493 e. The molecule has 2 rings (SSSR count). The third-order valence-corrected chi connectivity index (χ3v) is 4.75. The number of carboxylic acid groups (broad SMARTS) is 1. The average Bonchev–Trinajstić information content (AvgIpc) is 2.59. The first-order valence-corrected chi connectivity index (χ1v) is 8.97. The Balaban J connectivity index is 2.08. The first kappa shape index (κ1) is 19.3. The lowest BCUT2D eigenvalue weighted by Gasteiger charge is -2.36. The minimum Gasteiger partial charge on any atom is -0.493 e. The standard InChI is InChI=1S/C20H29NO4/c1-14(2)13-25-17-9-7-16(8-10-17)20(3,4)19(24)21-11-5-6-15(12-21)18(22)23/h7-10,14-15H,5-6,11-13H2,1-4H3,(H,22,23)/t15-/m0/s1. The van der Waals surface area contributed by atoms with Gasteiger partial charge in [0.05, 0.1) is 17.9 Å². The number of carbonyl (C=O) groups is 2. The molecule has 5 nitrogen and oxygen atoms in total. The quantitative estimate of drug-likeness (QED) is 0.857. The molecule has 138 valence electrons. The van der Waals surface area contributed by atoms with Gasteiger partial charge in [0, 0.05) is 13.1 Å². The lowest BCUT2D eigenvalue weighted by molar-refractivity contribution is -0.147. The number of aliphatic carboxylic acids is 1. The number of hydrogen-bond donors (Lipinski definition) is 1. The second-order valence-corrected chi connectivity index (χ2v) is 7.78. The number of carbonyl (C=O) groups excluding carboxylic acids is 1. The summed E-state index contributed by atoms with van der Waals surface area (Å²) >= 11 is 0. The highest BCUT2D eigenvalue weighted by molar-refractivity contribution is 5.88. The lowest BCUT2D eigenvalue weighted by atomic mass is 9.82. The Hall–Kier alpha value is -2.04. The highest BCUT2D eigenvalue weighted by Gasteiger charge is 2.37. The summed E-state index contributed by atoms with van der Waals surface area (Å²) < 4.78 is 5.69. The van der Waals surface area contributed by atoms with E-state index in [1.807, 2.05) is 38.1 Å². The van der Waals surface area contributed by atoms with Crippen LogP contribution in [0.4, 0.5) is 0 Å². The van der Waals surface area contributed by atoms with Crippen LogP contribution in [0.2, 0.25) is 0 Å². The topological polar surface area (TPSA) is 66.8 Å². The van der Waals surface area contributed by atoms with Gasteiger partial charge in [-0.25, -0.2) is 0 Å². The molecule has 1 aliphatic heterocycles. The molecule has 1 aromatic rings. The number of piperidine rings is 1. The monoisotopic (exact) mass is 347 g/mol. The normalized spacial score (nSPS) is 18.3. The van der Waals surface area contributed by atoms with Crippen LogP contribution in [-0.4, -0.2) is 41.6 Å². The molecule has 0 saturated carbocycles. The Morgan fingerprint density at radius 1 is 1.28 bits per heavy atom. The van der Waals surface area contributed by atoms with E-state index in [1.54, 1.807) is 4.90 Å². The molecule has 0 aromatic heterocycles. The van der Waals surface area contributed by atoms with E-state index in [2.05, 4.69) is 13.8 Å². The summed E-state index contributed by atoms with van der Waals surface area (Å²) in [5, 5.41) is 9.23. The maximum absolute atomic E-state index is 13.0. The Labute approximate surface area is 150 Å². The van der Waals surface area contributed by atoms with Crippen LogP contribution in [0.15, 0.2) is 24.3 Å². The van der Waals surface area contributed by atoms with Crippen LogP contribution in [0, 0.1) is 11.8 Å². The van der Waals surface area contributed by atoms with Crippen LogP contribution < -0.4 is 4.74 Å². The van der Waals surface area contributed by atoms with Crippen molar-refractivity contribution in [2.45, 2.75) is 46.0 Å². The molecule has 1 N–H and O–H groups in total. The number of carboxylic acids is 1. The van der Waals surface area contributed by atoms with Gasteiger partial charge in [0.1, 0.15) is 5.75 Å². The molecule has 1 aromatic carbocycles. The zero-order valence-electron chi connectivity index (χ0n) is 15.6. The summed E-state index contributed by atoms with van der Waals surface area (Å²) in [5.74, 6) is -0.0415. The fourth-order valence-corrected chi connectivity index (χ4v) is 3.11. The van der Waals surface area contributed by atoms with Crippen molar-refractivity contribution in [3.63, 3.8) is 0 Å². The molecule has 0 radical (unpaired) electrons. The maximum Gasteiger partial charge on any atom is 0.308 e. The van der Waals surface area contributed by atoms with E-state index in [4.69, 9.17) is 4.74 Å². The van der Waals surface area contributed by atoms with Crippen LogP contribution in [0.25, 0.3) is 0 Å². The van der Waals surface area contributed by atoms with Crippen LogP contribution in [0.3, 0.4) is 0 Å². The smallest absolute Gasteiger partial charge is 0.308 e. The van der Waals surface area contributed by atoms with Gasteiger partial charge in [-0.2, -0.15) is 0 Å². The molecule has 1 heterocycles. The van der Waals surface area contributed by atoms with Gasteiger partial charge in [0.25, 0.3) is 0 Å². The number of nitrogens with zero attached hydrogens (tertiary/aromatic N) is 1. The van der Waals surface area contributed by atoms with Gasteiger partial charge >= 0.3 is 5.97 Å². The second kappa shape index (κ2) is 7.89. The molecule has 1 saturated heterocycles. The Kier molecular flexibility index (Phi) is 6.09. The zero-order valence-corrected chi connectivity index (χ0v) is 15.6. The summed E-state index contributed by atoms with van der Waals surface area (Å²) in [6.07, 6.45) is 1.38. The minimum atomic E-state index is -0.818. The summed E-state index contributed by atoms with van der Waals surface area (Å²) in [7, 11) is 0. The highest BCUT2D eigenvalue weighted by Crippen LogP contribution is 2.29. The van der Waals surface area contributed by atoms with Gasteiger partial charge in [-0.05, 0) is 50.3 Å². The SMILES string of the molecule is CC(C)COc1ccc(C(C)(C)C(=O)N2CCC[C@H](C(=O)O)C2)cc1. The highest BCUT2D eigenvalue weighted by atomic mass is 16.5. The number of ether oxygens (including phenoxy) is 1. The molecular formula is C20H29NO4. The van der Waals surface area contributed by atoms with E-state index in [0.29, 0.717) is 32.0 Å². The third-order valence-electron chi connectivity index (χ3n) is 4.75. The molecular weight excluding hydrogens is 318 g/mol. The molecule has 1 aliphatic rings. The van der Waals surface area contributed by atoms with E-state index in [9.17, 15) is 14.7 Å². The van der Waals surface area contributed by atoms with E-state index in [1.165, 1.54) is 0 Å². The first-order valence-electron chi connectivity index (χ1n) is 8.97. The molecule has 5 heteroatoms. The van der Waals surface area contributed by atoms with Gasteiger partial charge < -0.3 is 14.7 Å². The van der Waals surface area contributed by atoms with Crippen molar-refractivity contribution < 1.29 is 19.4 Å². The fourth-order valence-electron chi connectivity index (χ4n) is 3.11. The van der Waals surface area contributed by atoms with Gasteiger partial charge in [-0.1, -0.05) is 26.0 Å². The van der Waals surface area contributed by atoms with Crippen LogP contribution in [-0.2, 0) is 15.0 Å². The van der Waals surface area contributed by atoms with Gasteiger partial charge in [0.2, 0.25) is 5.91 Å². The molecule has 1 amide bonds. The predicted octanol–water partition coefficient (Wildman–Crippen LogP) is 3.32. The number of benzene rings is 1. The first-order chi connectivity index (χ1) is 11.7. The minimum absolute atomic E-state index is 0.0192. The summed E-state index contributed by atoms with van der Waals surface area (Å²) in [6.45, 7) is 9.56. The van der Waals surface area contributed by atoms with Crippen LogP contribution >= 0.6 is 0 Å². The van der Waals surface area contributed by atoms with Crippen molar-refractivity contribution in [1.29, 1.82) is 0 Å². The lowest BCUT2D eigenvalue weighted by Crippen LogP contribution is -2.49. The van der Waals surface area contributed by atoms with Gasteiger partial charge in [-0.3, -0.25) is 9.59 Å². The van der Waals surface area contributed by atoms with Crippen molar-refractivity contribution in [3.05, 3.63) is 29.8 Å². The molecule has 25 heavy (non-hydrogen) atoms. The fraction of sp³-hybridized carbons (Fsp3) is 0.600. The number of likely N-dealkylation sites (tertiary alicyclic amines) is 1. The molecule has 0 spiro atoms. The Bertz CT molecular complexity index is 607. The molecule has 1 fully saturated rings. The molecule has 1 atom stereocenters. The van der Waals surface area contributed by atoms with Crippen molar-refractivity contribution in [2.75, 3.05) is 19.7 Å². The number of hydrogen-bond acceptors (Lipinski definition) is 3. The molecule has 0 aliphatic carbocycles. The van der Waals surface area contributed by atoms with E-state index >= 15 is 0 Å². The second-order valence-electron chi connectivity index (χ2n) is 7.78. The summed E-state index contributed by atoms with van der Waals surface area (Å²) in [4.78, 5) is 25.9. The van der Waals surface area contributed by atoms with E-state index in [-0.39, 0.29) is 5.91 Å². The zero-order chi connectivity index (χ0) is 18.6. The van der Waals surface area contributed by atoms with Crippen LogP contribution in [0.5, 0.6) is 5.75 Å². The molecule has 0 bridgehead atoms. The van der Waals surface area contributed by atoms with Crippen molar-refractivity contribution in [3.8, 4) is 5.75 Å². The van der Waals surface area contributed by atoms with E-state index < -0.39 is 17.3 Å². The van der Waals surface area contributed by atoms with Crippen molar-refractivity contribution >= 4 is 11.9 Å². The van der Waals surface area contributed by atoms with Gasteiger partial charge in [0.15, 0.2) is 0 Å². The molecule has 0 unspecified atom stereocenters. The predicted molar refractivity (Wildman–Crippen MR) is 96.7 cm³/mol.